The van der Waals surface area contributed by atoms with Crippen LogP contribution in [-0.2, 0) is 4.79 Å². The highest BCUT2D eigenvalue weighted by Crippen LogP contribution is 2.19. The molecule has 1 atom stereocenters. The van der Waals surface area contributed by atoms with E-state index in [1.807, 2.05) is 20.8 Å². The molecule has 0 saturated heterocycles. The Morgan fingerprint density at radius 2 is 2.08 bits per heavy atom. The maximum atomic E-state index is 12.5. The maximum absolute atomic E-state index is 12.5. The number of amides is 1. The molecule has 0 bridgehead atoms. The SMILES string of the molecule is CCCCC(NC(=O)c1cc2cnn(C(C)C)c2nc1C)C(=O)O. The van der Waals surface area contributed by atoms with Gasteiger partial charge in [0, 0.05) is 11.4 Å². The molecule has 2 aromatic rings. The number of aromatic nitrogens is 3. The van der Waals surface area contributed by atoms with Gasteiger partial charge in [-0.2, -0.15) is 5.10 Å². The van der Waals surface area contributed by atoms with Crippen molar-refractivity contribution in [3.8, 4) is 0 Å². The lowest BCUT2D eigenvalue weighted by molar-refractivity contribution is -0.139. The van der Waals surface area contributed by atoms with E-state index in [9.17, 15) is 14.7 Å². The standard InChI is InChI=1S/C17H24N4O3/c1-5-6-7-14(17(23)24)20-16(22)13-8-12-9-18-21(10(2)3)15(12)19-11(13)4/h8-10,14H,5-7H2,1-4H3,(H,20,22)(H,23,24). The van der Waals surface area contributed by atoms with Crippen LogP contribution in [0.3, 0.4) is 0 Å². The van der Waals surface area contributed by atoms with E-state index in [1.165, 1.54) is 0 Å². The fourth-order valence-electron chi connectivity index (χ4n) is 2.58. The van der Waals surface area contributed by atoms with Crippen LogP contribution in [-0.4, -0.2) is 37.8 Å². The van der Waals surface area contributed by atoms with Gasteiger partial charge < -0.3 is 10.4 Å². The number of unbranched alkanes of at least 4 members (excludes halogenated alkanes) is 1. The second kappa shape index (κ2) is 7.42. The van der Waals surface area contributed by atoms with E-state index in [-0.39, 0.29) is 6.04 Å². The Morgan fingerprint density at radius 3 is 2.67 bits per heavy atom. The summed E-state index contributed by atoms with van der Waals surface area (Å²) in [5, 5.41) is 16.9. The van der Waals surface area contributed by atoms with E-state index >= 15 is 0 Å². The lowest BCUT2D eigenvalue weighted by Crippen LogP contribution is -2.41. The molecule has 0 aromatic carbocycles. The van der Waals surface area contributed by atoms with Crippen molar-refractivity contribution in [2.24, 2.45) is 0 Å². The smallest absolute Gasteiger partial charge is 0.326 e. The van der Waals surface area contributed by atoms with Crippen LogP contribution in [0.2, 0.25) is 0 Å². The number of rotatable bonds is 7. The Kier molecular flexibility index (Phi) is 5.54. The normalized spacial score (nSPS) is 12.5. The second-order valence-electron chi connectivity index (χ2n) is 6.22. The highest BCUT2D eigenvalue weighted by molar-refractivity contribution is 5.99. The molecule has 24 heavy (non-hydrogen) atoms. The Bertz CT molecular complexity index is 752. The average molecular weight is 332 g/mol. The Balaban J connectivity index is 2.29. The fourth-order valence-corrected chi connectivity index (χ4v) is 2.58. The van der Waals surface area contributed by atoms with Crippen LogP contribution in [0.5, 0.6) is 0 Å². The van der Waals surface area contributed by atoms with Gasteiger partial charge in [0.05, 0.1) is 17.5 Å². The van der Waals surface area contributed by atoms with Crippen molar-refractivity contribution in [1.29, 1.82) is 0 Å². The summed E-state index contributed by atoms with van der Waals surface area (Å²) in [6.45, 7) is 7.74. The molecule has 0 aliphatic carbocycles. The summed E-state index contributed by atoms with van der Waals surface area (Å²) in [5.74, 6) is -1.43. The van der Waals surface area contributed by atoms with E-state index in [0.29, 0.717) is 17.7 Å². The van der Waals surface area contributed by atoms with E-state index in [4.69, 9.17) is 0 Å². The molecule has 0 fully saturated rings. The molecular formula is C17H24N4O3. The zero-order valence-electron chi connectivity index (χ0n) is 14.5. The quantitative estimate of drug-likeness (QED) is 0.812. The molecule has 0 aliphatic rings. The predicted octanol–water partition coefficient (Wildman–Crippen LogP) is 2.69. The van der Waals surface area contributed by atoms with Gasteiger partial charge in [-0.25, -0.2) is 14.5 Å². The van der Waals surface area contributed by atoms with Crippen molar-refractivity contribution in [2.45, 2.75) is 59.0 Å². The Hall–Kier alpha value is -2.44. The van der Waals surface area contributed by atoms with Crippen molar-refractivity contribution in [2.75, 3.05) is 0 Å². The minimum Gasteiger partial charge on any atom is -0.480 e. The first-order chi connectivity index (χ1) is 11.3. The summed E-state index contributed by atoms with van der Waals surface area (Å²) in [4.78, 5) is 28.3. The van der Waals surface area contributed by atoms with Gasteiger partial charge in [0.15, 0.2) is 5.65 Å². The Morgan fingerprint density at radius 1 is 1.38 bits per heavy atom. The van der Waals surface area contributed by atoms with Crippen LogP contribution < -0.4 is 5.32 Å². The third-order valence-electron chi connectivity index (χ3n) is 3.94. The van der Waals surface area contributed by atoms with E-state index in [2.05, 4.69) is 15.4 Å². The van der Waals surface area contributed by atoms with Gasteiger partial charge in [-0.1, -0.05) is 19.8 Å². The molecular weight excluding hydrogens is 308 g/mol. The van der Waals surface area contributed by atoms with Crippen molar-refractivity contribution in [3.05, 3.63) is 23.5 Å². The van der Waals surface area contributed by atoms with Crippen LogP contribution in [0.15, 0.2) is 12.3 Å². The molecule has 1 unspecified atom stereocenters. The van der Waals surface area contributed by atoms with Crippen molar-refractivity contribution >= 4 is 22.9 Å². The van der Waals surface area contributed by atoms with Gasteiger partial charge in [0.1, 0.15) is 6.04 Å². The number of carbonyl (C=O) groups excluding carboxylic acids is 1. The molecule has 1 amide bonds. The number of hydrogen-bond acceptors (Lipinski definition) is 4. The summed E-state index contributed by atoms with van der Waals surface area (Å²) in [6.07, 6.45) is 3.71. The van der Waals surface area contributed by atoms with Gasteiger partial charge in [-0.05, 0) is 33.3 Å². The molecule has 0 spiro atoms. The van der Waals surface area contributed by atoms with E-state index in [1.54, 1.807) is 23.9 Å². The monoisotopic (exact) mass is 332 g/mol. The average Bonchev–Trinajstić information content (AvgIpc) is 2.92. The minimum atomic E-state index is -1.02. The number of aliphatic carboxylic acids is 1. The maximum Gasteiger partial charge on any atom is 0.326 e. The second-order valence-corrected chi connectivity index (χ2v) is 6.22. The number of nitrogens with one attached hydrogen (secondary N) is 1. The highest BCUT2D eigenvalue weighted by Gasteiger charge is 2.22. The third kappa shape index (κ3) is 3.72. The summed E-state index contributed by atoms with van der Waals surface area (Å²) >= 11 is 0. The zero-order valence-corrected chi connectivity index (χ0v) is 14.5. The molecule has 2 heterocycles. The molecule has 7 nitrogen and oxygen atoms in total. The van der Waals surface area contributed by atoms with Crippen LogP contribution in [0, 0.1) is 6.92 Å². The first kappa shape index (κ1) is 17.9. The summed E-state index contributed by atoms with van der Waals surface area (Å²) in [7, 11) is 0. The number of hydrogen-bond donors (Lipinski definition) is 2. The van der Waals surface area contributed by atoms with E-state index < -0.39 is 17.9 Å². The number of nitrogens with zero attached hydrogens (tertiary/aromatic N) is 3. The molecule has 2 aromatic heterocycles. The lowest BCUT2D eigenvalue weighted by atomic mass is 10.1. The first-order valence-electron chi connectivity index (χ1n) is 8.23. The van der Waals surface area contributed by atoms with Crippen molar-refractivity contribution < 1.29 is 14.7 Å². The predicted molar refractivity (Wildman–Crippen MR) is 91.1 cm³/mol. The number of carboxylic acids is 1. The number of aryl methyl sites for hydroxylation is 1. The minimum absolute atomic E-state index is 0.166. The van der Waals surface area contributed by atoms with Crippen LogP contribution in [0.1, 0.15) is 62.1 Å². The molecule has 0 radical (unpaired) electrons. The zero-order chi connectivity index (χ0) is 17.9. The van der Waals surface area contributed by atoms with Gasteiger partial charge in [-0.3, -0.25) is 4.79 Å². The number of pyridine rings is 1. The van der Waals surface area contributed by atoms with Crippen LogP contribution in [0.4, 0.5) is 0 Å². The summed E-state index contributed by atoms with van der Waals surface area (Å²) in [5.41, 5.74) is 1.66. The molecule has 130 valence electrons. The molecule has 7 heteroatoms. The molecule has 2 N–H and O–H groups in total. The lowest BCUT2D eigenvalue weighted by Gasteiger charge is -2.15. The van der Waals surface area contributed by atoms with Crippen LogP contribution in [0.25, 0.3) is 11.0 Å². The molecule has 2 rings (SSSR count). The summed E-state index contributed by atoms with van der Waals surface area (Å²) in [6, 6.07) is 1.00. The number of carbonyl (C=O) groups is 2. The molecule has 0 aliphatic heterocycles. The molecule has 0 saturated carbocycles. The number of fused-ring (bicyclic) bond motifs is 1. The fraction of sp³-hybridized carbons (Fsp3) is 0.529. The largest absolute Gasteiger partial charge is 0.480 e. The Labute approximate surface area is 141 Å². The van der Waals surface area contributed by atoms with Crippen molar-refractivity contribution in [1.82, 2.24) is 20.1 Å². The van der Waals surface area contributed by atoms with Crippen molar-refractivity contribution in [3.63, 3.8) is 0 Å². The van der Waals surface area contributed by atoms with Crippen LogP contribution >= 0.6 is 0 Å². The number of carboxylic acid groups (broad SMARTS) is 1. The first-order valence-corrected chi connectivity index (χ1v) is 8.23. The van der Waals surface area contributed by atoms with Gasteiger partial charge in [0.2, 0.25) is 0 Å². The third-order valence-corrected chi connectivity index (χ3v) is 3.94. The summed E-state index contributed by atoms with van der Waals surface area (Å²) < 4.78 is 1.80. The topological polar surface area (TPSA) is 97.1 Å². The highest BCUT2D eigenvalue weighted by atomic mass is 16.4. The van der Waals surface area contributed by atoms with Gasteiger partial charge >= 0.3 is 5.97 Å². The van der Waals surface area contributed by atoms with Gasteiger partial charge in [0.25, 0.3) is 5.91 Å². The van der Waals surface area contributed by atoms with E-state index in [0.717, 1.165) is 23.9 Å². The van der Waals surface area contributed by atoms with Gasteiger partial charge in [-0.15, -0.1) is 0 Å².